The van der Waals surface area contributed by atoms with Crippen LogP contribution in [0, 0.1) is 23.2 Å². The molecule has 0 aromatic rings. The fraction of sp³-hybridized carbons (Fsp3) is 0.800. The zero-order valence-corrected chi connectivity index (χ0v) is 21.6. The fourth-order valence-electron chi connectivity index (χ4n) is 8.58. The van der Waals surface area contributed by atoms with Crippen molar-refractivity contribution in [3.63, 3.8) is 0 Å². The van der Waals surface area contributed by atoms with E-state index in [0.29, 0.717) is 29.7 Å². The van der Waals surface area contributed by atoms with E-state index in [9.17, 15) is 10.2 Å². The maximum atomic E-state index is 10.2. The van der Waals surface area contributed by atoms with E-state index in [1.54, 1.807) is 5.57 Å². The van der Waals surface area contributed by atoms with Crippen LogP contribution in [0.3, 0.4) is 0 Å². The number of morpholine rings is 1. The van der Waals surface area contributed by atoms with E-state index in [0.717, 1.165) is 37.1 Å². The molecule has 1 saturated heterocycles. The molecule has 4 nitrogen and oxygen atoms in total. The van der Waals surface area contributed by atoms with Crippen molar-refractivity contribution < 1.29 is 14.9 Å². The standard InChI is InChI=1S/C30H47NO3/c1-21(19-31-15-16-34-30(20-31)13-4-5-14-30)25-10-11-26-24(7-6-12-29(25,26)3)9-8-23-17-27(32)22(2)28(33)18-23/h8-9,21,25-28,32-33H,2,4-7,10-20H2,1,3H3/b24-9+/t21-,25-,26+,27-,28-,29-/m1/s1. The van der Waals surface area contributed by atoms with E-state index in [2.05, 4.69) is 37.5 Å². The fourth-order valence-corrected chi connectivity index (χ4v) is 8.58. The molecule has 190 valence electrons. The Morgan fingerprint density at radius 1 is 1.09 bits per heavy atom. The number of nitrogens with zero attached hydrogens (tertiary/aromatic N) is 1. The summed E-state index contributed by atoms with van der Waals surface area (Å²) >= 11 is 0. The Kier molecular flexibility index (Phi) is 7.16. The molecule has 5 aliphatic rings. The van der Waals surface area contributed by atoms with Crippen molar-refractivity contribution in [2.24, 2.45) is 23.2 Å². The van der Waals surface area contributed by atoms with Gasteiger partial charge in [0.25, 0.3) is 0 Å². The second-order valence-electron chi connectivity index (χ2n) is 12.6. The molecule has 34 heavy (non-hydrogen) atoms. The predicted molar refractivity (Wildman–Crippen MR) is 137 cm³/mol. The monoisotopic (exact) mass is 469 g/mol. The molecule has 2 N–H and O–H groups in total. The van der Waals surface area contributed by atoms with Gasteiger partial charge in [0.05, 0.1) is 24.4 Å². The van der Waals surface area contributed by atoms with Crippen LogP contribution < -0.4 is 0 Å². The third-order valence-corrected chi connectivity index (χ3v) is 10.4. The largest absolute Gasteiger partial charge is 0.388 e. The molecule has 1 spiro atoms. The smallest absolute Gasteiger partial charge is 0.0809 e. The van der Waals surface area contributed by atoms with E-state index in [1.807, 2.05) is 0 Å². The van der Waals surface area contributed by atoms with Crippen LogP contribution >= 0.6 is 0 Å². The first-order valence-electron chi connectivity index (χ1n) is 14.1. The minimum atomic E-state index is -0.606. The molecule has 1 heterocycles. The molecule has 0 aromatic carbocycles. The molecule has 0 radical (unpaired) electrons. The quantitative estimate of drug-likeness (QED) is 0.541. The number of rotatable bonds is 4. The Bertz CT molecular complexity index is 809. The van der Waals surface area contributed by atoms with Gasteiger partial charge in [-0.05, 0) is 86.5 Å². The van der Waals surface area contributed by atoms with Crippen molar-refractivity contribution in [2.45, 2.75) is 102 Å². The molecule has 5 fully saturated rings. The van der Waals surface area contributed by atoms with Gasteiger partial charge in [0.1, 0.15) is 0 Å². The molecular weight excluding hydrogens is 422 g/mol. The minimum Gasteiger partial charge on any atom is -0.388 e. The summed E-state index contributed by atoms with van der Waals surface area (Å²) < 4.78 is 6.29. The Labute approximate surface area is 207 Å². The van der Waals surface area contributed by atoms with E-state index < -0.39 is 12.2 Å². The van der Waals surface area contributed by atoms with Crippen molar-refractivity contribution in [1.82, 2.24) is 4.90 Å². The van der Waals surface area contributed by atoms with E-state index in [4.69, 9.17) is 4.74 Å². The summed E-state index contributed by atoms with van der Waals surface area (Å²) in [6.45, 7) is 13.3. The van der Waals surface area contributed by atoms with Gasteiger partial charge in [-0.15, -0.1) is 0 Å². The van der Waals surface area contributed by atoms with Crippen molar-refractivity contribution in [2.75, 3.05) is 26.2 Å². The molecule has 4 saturated carbocycles. The third-order valence-electron chi connectivity index (χ3n) is 10.4. The van der Waals surface area contributed by atoms with Gasteiger partial charge in [0.15, 0.2) is 0 Å². The first-order valence-corrected chi connectivity index (χ1v) is 14.1. The molecule has 4 aliphatic carbocycles. The molecule has 1 aliphatic heterocycles. The summed E-state index contributed by atoms with van der Waals surface area (Å²) in [6, 6.07) is 0. The lowest BCUT2D eigenvalue weighted by atomic mass is 9.61. The van der Waals surface area contributed by atoms with E-state index >= 15 is 0 Å². The van der Waals surface area contributed by atoms with Gasteiger partial charge in [-0.2, -0.15) is 0 Å². The van der Waals surface area contributed by atoms with Crippen molar-refractivity contribution in [3.8, 4) is 0 Å². The molecule has 5 rings (SSSR count). The lowest BCUT2D eigenvalue weighted by molar-refractivity contribution is -0.109. The van der Waals surface area contributed by atoms with Crippen molar-refractivity contribution in [1.29, 1.82) is 0 Å². The molecule has 0 amide bonds. The lowest BCUT2D eigenvalue weighted by Gasteiger charge is -2.46. The predicted octanol–water partition coefficient (Wildman–Crippen LogP) is 5.41. The average Bonchev–Trinajstić information content (AvgIpc) is 3.39. The number of aliphatic hydroxyl groups excluding tert-OH is 2. The second-order valence-corrected chi connectivity index (χ2v) is 12.6. The van der Waals surface area contributed by atoms with Crippen molar-refractivity contribution >= 4 is 0 Å². The first-order chi connectivity index (χ1) is 16.3. The van der Waals surface area contributed by atoms with Gasteiger partial charge in [-0.25, -0.2) is 0 Å². The first kappa shape index (κ1) is 24.7. The SMILES string of the molecule is C=C1[C@H](O)CC(=C/C=C2\CCC[C@]3(C)[C@@H]([C@H](C)CN4CCOC5(CCCC5)C4)CC[C@@H]23)C[C@H]1O. The number of hydrogen-bond acceptors (Lipinski definition) is 4. The van der Waals surface area contributed by atoms with Gasteiger partial charge in [-0.3, -0.25) is 4.90 Å². The normalized spacial score (nSPS) is 40.6. The van der Waals surface area contributed by atoms with Crippen LogP contribution in [0.1, 0.15) is 84.5 Å². The summed E-state index contributed by atoms with van der Waals surface area (Å²) in [7, 11) is 0. The third kappa shape index (κ3) is 4.73. The van der Waals surface area contributed by atoms with Crippen LogP contribution in [0.15, 0.2) is 35.5 Å². The molecular formula is C30H47NO3. The van der Waals surface area contributed by atoms with Crippen LogP contribution in [0.4, 0.5) is 0 Å². The number of allylic oxidation sites excluding steroid dienone is 3. The molecule has 4 heteroatoms. The summed E-state index contributed by atoms with van der Waals surface area (Å²) in [5, 5.41) is 20.4. The number of hydrogen-bond donors (Lipinski definition) is 2. The summed E-state index contributed by atoms with van der Waals surface area (Å²) in [5.74, 6) is 2.20. The maximum absolute atomic E-state index is 10.2. The van der Waals surface area contributed by atoms with Gasteiger partial charge in [-0.1, -0.05) is 56.6 Å². The van der Waals surface area contributed by atoms with Gasteiger partial charge in [0.2, 0.25) is 0 Å². The Morgan fingerprint density at radius 3 is 2.56 bits per heavy atom. The highest BCUT2D eigenvalue weighted by Crippen LogP contribution is 2.59. The second kappa shape index (κ2) is 9.84. The van der Waals surface area contributed by atoms with Gasteiger partial charge >= 0.3 is 0 Å². The summed E-state index contributed by atoms with van der Waals surface area (Å²) in [4.78, 5) is 2.73. The average molecular weight is 470 g/mol. The molecule has 6 atom stereocenters. The zero-order chi connectivity index (χ0) is 23.9. The van der Waals surface area contributed by atoms with Crippen molar-refractivity contribution in [3.05, 3.63) is 35.5 Å². The van der Waals surface area contributed by atoms with E-state index in [1.165, 1.54) is 64.3 Å². The molecule has 0 aromatic heterocycles. The van der Waals surface area contributed by atoms with Crippen LogP contribution in [-0.4, -0.2) is 59.2 Å². The number of fused-ring (bicyclic) bond motifs is 1. The highest BCUT2D eigenvalue weighted by Gasteiger charge is 2.51. The summed E-state index contributed by atoms with van der Waals surface area (Å²) in [5.41, 5.74) is 3.91. The molecule has 0 bridgehead atoms. The summed E-state index contributed by atoms with van der Waals surface area (Å²) in [6.07, 6.45) is 16.3. The topological polar surface area (TPSA) is 52.9 Å². The van der Waals surface area contributed by atoms with Crippen LogP contribution in [0.25, 0.3) is 0 Å². The highest BCUT2D eigenvalue weighted by atomic mass is 16.5. The Balaban J connectivity index is 1.25. The minimum absolute atomic E-state index is 0.168. The number of ether oxygens (including phenoxy) is 1. The maximum Gasteiger partial charge on any atom is 0.0809 e. The molecule has 0 unspecified atom stereocenters. The lowest BCUT2D eigenvalue weighted by Crippen LogP contribution is -2.52. The van der Waals surface area contributed by atoms with Gasteiger partial charge < -0.3 is 14.9 Å². The highest BCUT2D eigenvalue weighted by molar-refractivity contribution is 5.29. The van der Waals surface area contributed by atoms with E-state index in [-0.39, 0.29) is 5.60 Å². The Hall–Kier alpha value is -0.940. The van der Waals surface area contributed by atoms with Gasteiger partial charge in [0, 0.05) is 19.6 Å². The zero-order valence-electron chi connectivity index (χ0n) is 21.6. The van der Waals surface area contributed by atoms with Crippen LogP contribution in [-0.2, 0) is 4.74 Å². The van der Waals surface area contributed by atoms with Crippen LogP contribution in [0.2, 0.25) is 0 Å². The Morgan fingerprint density at radius 2 is 1.82 bits per heavy atom. The number of aliphatic hydroxyl groups is 2. The van der Waals surface area contributed by atoms with Crippen LogP contribution in [0.5, 0.6) is 0 Å².